The first-order valence-electron chi connectivity index (χ1n) is 16.2. The molecule has 39 heavy (non-hydrogen) atoms. The maximum Gasteiger partial charge on any atom is 0.306 e. The first kappa shape index (κ1) is 35.6. The lowest BCUT2D eigenvalue weighted by atomic mass is 10.0. The van der Waals surface area contributed by atoms with Crippen LogP contribution in [0, 0.1) is 0 Å². The Labute approximate surface area is 239 Å². The standard InChI is InChI=1S/C34H59FO4/c1-2-3-4-5-6-7-8-9-10-11-12-13-17-23-28-37-30-33(31-38-29-32-24-19-18-20-25-32)39-34(36)26-21-15-14-16-22-27-35/h18-20,24-25,33H,2-17,21-23,26-31H2,1H3/i35-1. The SMILES string of the molecule is CCCCCCCCCCCCCCCCOCC(COCc1ccccc1)OC(=O)CCCCCCC[18F]. The molecular formula is C34H59FO4. The summed E-state index contributed by atoms with van der Waals surface area (Å²) in [5.74, 6) is -0.200. The monoisotopic (exact) mass is 549 g/mol. The fraction of sp³-hybridized carbons (Fsp3) is 0.794. The van der Waals surface area contributed by atoms with Gasteiger partial charge in [-0.25, -0.2) is 0 Å². The Morgan fingerprint density at radius 3 is 1.77 bits per heavy atom. The highest BCUT2D eigenvalue weighted by Gasteiger charge is 2.15. The minimum atomic E-state index is -0.389. The van der Waals surface area contributed by atoms with Gasteiger partial charge in [-0.2, -0.15) is 0 Å². The van der Waals surface area contributed by atoms with Crippen LogP contribution in [-0.4, -0.2) is 38.6 Å². The van der Waals surface area contributed by atoms with Gasteiger partial charge in [0.2, 0.25) is 0 Å². The number of unbranched alkanes of at least 4 members (excludes halogenated alkanes) is 17. The Kier molecular flexibility index (Phi) is 25.6. The molecule has 1 aromatic carbocycles. The van der Waals surface area contributed by atoms with Gasteiger partial charge in [-0.05, 0) is 24.8 Å². The van der Waals surface area contributed by atoms with Crippen LogP contribution >= 0.6 is 0 Å². The molecule has 0 radical (unpaired) electrons. The molecule has 1 atom stereocenters. The van der Waals surface area contributed by atoms with Crippen LogP contribution in [0.2, 0.25) is 0 Å². The molecular weight excluding hydrogens is 490 g/mol. The van der Waals surface area contributed by atoms with E-state index in [4.69, 9.17) is 14.2 Å². The van der Waals surface area contributed by atoms with E-state index in [1.807, 2.05) is 30.3 Å². The van der Waals surface area contributed by atoms with Crippen molar-refractivity contribution in [2.75, 3.05) is 26.5 Å². The predicted octanol–water partition coefficient (Wildman–Crippen LogP) is 9.92. The van der Waals surface area contributed by atoms with Crippen LogP contribution in [0.15, 0.2) is 30.3 Å². The lowest BCUT2D eigenvalue weighted by molar-refractivity contribution is -0.156. The molecule has 0 amide bonds. The van der Waals surface area contributed by atoms with Crippen molar-refractivity contribution in [1.82, 2.24) is 0 Å². The zero-order chi connectivity index (χ0) is 28.1. The second-order valence-corrected chi connectivity index (χ2v) is 11.0. The first-order valence-corrected chi connectivity index (χ1v) is 16.2. The molecule has 5 heteroatoms. The Bertz CT molecular complexity index is 639. The molecule has 0 aromatic heterocycles. The van der Waals surface area contributed by atoms with Crippen LogP contribution in [-0.2, 0) is 25.6 Å². The van der Waals surface area contributed by atoms with E-state index in [-0.39, 0.29) is 18.7 Å². The maximum absolute atomic E-state index is 12.4. The van der Waals surface area contributed by atoms with Crippen LogP contribution in [0.4, 0.5) is 4.39 Å². The van der Waals surface area contributed by atoms with E-state index >= 15 is 0 Å². The van der Waals surface area contributed by atoms with Crippen molar-refractivity contribution in [1.29, 1.82) is 0 Å². The zero-order valence-corrected chi connectivity index (χ0v) is 25.2. The van der Waals surface area contributed by atoms with E-state index < -0.39 is 0 Å². The van der Waals surface area contributed by atoms with Crippen molar-refractivity contribution in [3.05, 3.63) is 35.9 Å². The smallest absolute Gasteiger partial charge is 0.306 e. The van der Waals surface area contributed by atoms with Gasteiger partial charge in [0.1, 0.15) is 6.10 Å². The molecule has 1 aromatic rings. The van der Waals surface area contributed by atoms with Gasteiger partial charge in [-0.1, -0.05) is 140 Å². The van der Waals surface area contributed by atoms with E-state index in [2.05, 4.69) is 6.92 Å². The van der Waals surface area contributed by atoms with Crippen LogP contribution < -0.4 is 0 Å². The average Bonchev–Trinajstić information content (AvgIpc) is 2.95. The molecule has 0 fully saturated rings. The van der Waals surface area contributed by atoms with E-state index in [0.717, 1.165) is 37.7 Å². The molecule has 0 heterocycles. The third-order valence-corrected chi connectivity index (χ3v) is 7.17. The molecule has 1 rings (SSSR count). The molecule has 0 aliphatic heterocycles. The number of carbonyl (C=O) groups is 1. The number of alkyl halides is 1. The van der Waals surface area contributed by atoms with E-state index in [0.29, 0.717) is 39.3 Å². The third kappa shape index (κ3) is 24.1. The molecule has 0 spiro atoms. The summed E-state index contributed by atoms with van der Waals surface area (Å²) in [6.45, 7) is 3.90. The second kappa shape index (κ2) is 28.1. The summed E-state index contributed by atoms with van der Waals surface area (Å²) in [6.07, 6.45) is 22.9. The summed E-state index contributed by atoms with van der Waals surface area (Å²) in [5.41, 5.74) is 1.10. The van der Waals surface area contributed by atoms with Crippen molar-refractivity contribution in [2.45, 2.75) is 148 Å². The lowest BCUT2D eigenvalue weighted by Crippen LogP contribution is -2.28. The summed E-state index contributed by atoms with van der Waals surface area (Å²) in [5, 5.41) is 0. The number of esters is 1. The molecule has 1 unspecified atom stereocenters. The van der Waals surface area contributed by atoms with Gasteiger partial charge in [0.05, 0.1) is 26.5 Å². The van der Waals surface area contributed by atoms with Crippen LogP contribution in [0.5, 0.6) is 0 Å². The van der Waals surface area contributed by atoms with Crippen LogP contribution in [0.25, 0.3) is 0 Å². The van der Waals surface area contributed by atoms with Gasteiger partial charge >= 0.3 is 5.97 Å². The fourth-order valence-electron chi connectivity index (χ4n) is 4.75. The van der Waals surface area contributed by atoms with E-state index in [1.165, 1.54) is 83.5 Å². The van der Waals surface area contributed by atoms with Crippen molar-refractivity contribution < 1.29 is 23.4 Å². The highest BCUT2D eigenvalue weighted by Crippen LogP contribution is 2.13. The number of rotatable bonds is 29. The fourth-order valence-corrected chi connectivity index (χ4v) is 4.75. The van der Waals surface area contributed by atoms with Crippen molar-refractivity contribution in [3.63, 3.8) is 0 Å². The topological polar surface area (TPSA) is 44.8 Å². The number of hydrogen-bond donors (Lipinski definition) is 0. The van der Waals surface area contributed by atoms with Crippen molar-refractivity contribution in [3.8, 4) is 0 Å². The molecule has 0 saturated heterocycles. The molecule has 0 bridgehead atoms. The van der Waals surface area contributed by atoms with Crippen molar-refractivity contribution >= 4 is 5.97 Å². The molecule has 0 aliphatic carbocycles. The van der Waals surface area contributed by atoms with E-state index in [1.54, 1.807) is 0 Å². The third-order valence-electron chi connectivity index (χ3n) is 7.17. The van der Waals surface area contributed by atoms with Crippen LogP contribution in [0.3, 0.4) is 0 Å². The van der Waals surface area contributed by atoms with Gasteiger partial charge in [0.15, 0.2) is 0 Å². The lowest BCUT2D eigenvalue weighted by Gasteiger charge is -2.18. The van der Waals surface area contributed by atoms with Gasteiger partial charge in [0.25, 0.3) is 0 Å². The van der Waals surface area contributed by atoms with Gasteiger partial charge in [0, 0.05) is 13.0 Å². The minimum Gasteiger partial charge on any atom is -0.457 e. The molecule has 4 nitrogen and oxygen atoms in total. The summed E-state index contributed by atoms with van der Waals surface area (Å²) in [6, 6.07) is 10.0. The molecule has 0 saturated carbocycles. The maximum atomic E-state index is 12.4. The van der Waals surface area contributed by atoms with Crippen LogP contribution in [0.1, 0.15) is 141 Å². The summed E-state index contributed by atoms with van der Waals surface area (Å²) >= 11 is 0. The van der Waals surface area contributed by atoms with Gasteiger partial charge in [-0.3, -0.25) is 9.18 Å². The first-order chi connectivity index (χ1) is 19.3. The number of hydrogen-bond acceptors (Lipinski definition) is 4. The largest absolute Gasteiger partial charge is 0.457 e. The Morgan fingerprint density at radius 2 is 1.18 bits per heavy atom. The summed E-state index contributed by atoms with van der Waals surface area (Å²) in [7, 11) is 0. The van der Waals surface area contributed by atoms with Crippen molar-refractivity contribution in [2.24, 2.45) is 0 Å². The summed E-state index contributed by atoms with van der Waals surface area (Å²) < 4.78 is 29.6. The van der Waals surface area contributed by atoms with Gasteiger partial charge < -0.3 is 14.2 Å². The highest BCUT2D eigenvalue weighted by atomic mass is 18.2. The van der Waals surface area contributed by atoms with Gasteiger partial charge in [-0.15, -0.1) is 0 Å². The Morgan fingerprint density at radius 1 is 0.667 bits per heavy atom. The Hall–Kier alpha value is -1.46. The second-order valence-electron chi connectivity index (χ2n) is 11.0. The van der Waals surface area contributed by atoms with E-state index in [9.17, 15) is 9.18 Å². The normalized spacial score (nSPS) is 12.1. The molecule has 226 valence electrons. The Balaban J connectivity index is 2.11. The quantitative estimate of drug-likeness (QED) is 0.0737. The highest BCUT2D eigenvalue weighted by molar-refractivity contribution is 5.69. The average molecular weight is 550 g/mol. The number of carbonyl (C=O) groups excluding carboxylic acids is 1. The summed E-state index contributed by atoms with van der Waals surface area (Å²) in [4.78, 5) is 12.4. The number of ether oxygens (including phenoxy) is 3. The number of halogens is 1. The molecule has 0 aliphatic rings. The number of benzene rings is 1. The predicted molar refractivity (Wildman–Crippen MR) is 161 cm³/mol. The minimum absolute atomic E-state index is 0.200. The zero-order valence-electron chi connectivity index (χ0n) is 25.2. The molecule has 0 N–H and O–H groups in total.